The molecule has 0 saturated heterocycles. The molecule has 0 aromatic heterocycles. The summed E-state index contributed by atoms with van der Waals surface area (Å²) < 4.78 is 5.49. The van der Waals surface area contributed by atoms with Gasteiger partial charge in [0, 0.05) is 18.5 Å². The summed E-state index contributed by atoms with van der Waals surface area (Å²) in [6.07, 6.45) is 3.14. The smallest absolute Gasteiger partial charge is 0.122 e. The van der Waals surface area contributed by atoms with Crippen LogP contribution in [0.2, 0.25) is 0 Å². The van der Waals surface area contributed by atoms with Gasteiger partial charge in [-0.25, -0.2) is 0 Å². The summed E-state index contributed by atoms with van der Waals surface area (Å²) in [6.45, 7) is 0.808. The lowest BCUT2D eigenvalue weighted by Crippen LogP contribution is -2.41. The van der Waals surface area contributed by atoms with Crippen molar-refractivity contribution in [2.45, 2.75) is 31.3 Å². The van der Waals surface area contributed by atoms with Gasteiger partial charge in [-0.2, -0.15) is 0 Å². The number of benzene rings is 1. The lowest BCUT2D eigenvalue weighted by Gasteiger charge is -2.37. The van der Waals surface area contributed by atoms with Crippen molar-refractivity contribution in [2.24, 2.45) is 17.4 Å². The zero-order chi connectivity index (χ0) is 11.1. The van der Waals surface area contributed by atoms with Crippen molar-refractivity contribution in [3.05, 3.63) is 29.3 Å². The molecule has 1 aromatic rings. The molecule has 0 bridgehead atoms. The fourth-order valence-corrected chi connectivity index (χ4v) is 2.69. The lowest BCUT2D eigenvalue weighted by atomic mass is 9.74. The van der Waals surface area contributed by atoms with Gasteiger partial charge in [0.25, 0.3) is 0 Å². The van der Waals surface area contributed by atoms with Crippen molar-refractivity contribution in [3.8, 4) is 5.75 Å². The monoisotopic (exact) mass is 218 g/mol. The molecule has 1 fully saturated rings. The van der Waals surface area contributed by atoms with Gasteiger partial charge in [0.1, 0.15) is 5.75 Å². The zero-order valence-corrected chi connectivity index (χ0v) is 9.36. The molecule has 1 aliphatic carbocycles. The number of ether oxygens (including phenoxy) is 1. The molecule has 1 aliphatic heterocycles. The van der Waals surface area contributed by atoms with Gasteiger partial charge in [0.2, 0.25) is 0 Å². The van der Waals surface area contributed by atoms with E-state index in [1.165, 1.54) is 11.1 Å². The van der Waals surface area contributed by atoms with Crippen molar-refractivity contribution in [2.75, 3.05) is 6.61 Å². The van der Waals surface area contributed by atoms with Gasteiger partial charge < -0.3 is 16.2 Å². The van der Waals surface area contributed by atoms with Crippen LogP contribution in [0, 0.1) is 5.92 Å². The summed E-state index contributed by atoms with van der Waals surface area (Å²) in [5, 5.41) is 0. The van der Waals surface area contributed by atoms with Crippen molar-refractivity contribution >= 4 is 0 Å². The number of nitrogens with two attached hydrogens (primary N) is 2. The minimum Gasteiger partial charge on any atom is -0.493 e. The highest BCUT2D eigenvalue weighted by Gasteiger charge is 2.32. The summed E-state index contributed by atoms with van der Waals surface area (Å²) >= 11 is 0. The Hall–Kier alpha value is -1.06. The van der Waals surface area contributed by atoms with Crippen LogP contribution in [0.3, 0.4) is 0 Å². The fourth-order valence-electron chi connectivity index (χ4n) is 2.69. The molecule has 86 valence electrons. The third-order valence-corrected chi connectivity index (χ3v) is 3.82. The number of hydrogen-bond acceptors (Lipinski definition) is 3. The Morgan fingerprint density at radius 3 is 2.88 bits per heavy atom. The fraction of sp³-hybridized carbons (Fsp3) is 0.538. The second-order valence-electron chi connectivity index (χ2n) is 4.98. The molecular formula is C13H18N2O. The van der Waals surface area contributed by atoms with Crippen molar-refractivity contribution in [1.82, 2.24) is 0 Å². The van der Waals surface area contributed by atoms with Gasteiger partial charge in [-0.15, -0.1) is 0 Å². The molecule has 1 atom stereocenters. The first-order valence-corrected chi connectivity index (χ1v) is 6.01. The third-order valence-electron chi connectivity index (χ3n) is 3.82. The van der Waals surface area contributed by atoms with Crippen LogP contribution in [-0.4, -0.2) is 12.6 Å². The summed E-state index contributed by atoms with van der Waals surface area (Å²) in [6, 6.07) is 6.87. The first-order valence-electron chi connectivity index (χ1n) is 6.01. The predicted molar refractivity (Wildman–Crippen MR) is 63.3 cm³/mol. The second kappa shape index (κ2) is 3.75. The summed E-state index contributed by atoms with van der Waals surface area (Å²) in [7, 11) is 0. The van der Waals surface area contributed by atoms with Gasteiger partial charge in [-0.3, -0.25) is 0 Å². The Morgan fingerprint density at radius 2 is 2.12 bits per heavy atom. The van der Waals surface area contributed by atoms with Crippen LogP contribution in [0.25, 0.3) is 0 Å². The van der Waals surface area contributed by atoms with E-state index in [0.717, 1.165) is 31.6 Å². The summed E-state index contributed by atoms with van der Waals surface area (Å²) in [5.74, 6) is 1.59. The molecule has 2 aliphatic rings. The lowest BCUT2D eigenvalue weighted by molar-refractivity contribution is 0.224. The summed E-state index contributed by atoms with van der Waals surface area (Å²) in [5.41, 5.74) is 14.6. The van der Waals surface area contributed by atoms with Crippen molar-refractivity contribution in [1.29, 1.82) is 0 Å². The largest absolute Gasteiger partial charge is 0.493 e. The van der Waals surface area contributed by atoms with Crippen molar-refractivity contribution in [3.63, 3.8) is 0 Å². The maximum absolute atomic E-state index is 6.26. The first-order chi connectivity index (χ1) is 7.74. The standard InChI is InChI=1S/C13H18N2O/c14-11-6-10(7-11)13(15)9-1-2-12-8(5-9)3-4-16-12/h1-2,5,10-11,13H,3-4,6-7,14-15H2. The Morgan fingerprint density at radius 1 is 1.31 bits per heavy atom. The molecule has 0 radical (unpaired) electrons. The third kappa shape index (κ3) is 1.60. The van der Waals surface area contributed by atoms with E-state index in [1.807, 2.05) is 0 Å². The molecule has 0 amide bonds. The zero-order valence-electron chi connectivity index (χ0n) is 9.36. The van der Waals surface area contributed by atoms with Gasteiger partial charge in [0.05, 0.1) is 6.61 Å². The Bertz CT molecular complexity index is 399. The maximum atomic E-state index is 6.26. The van der Waals surface area contributed by atoms with E-state index < -0.39 is 0 Å². The van der Waals surface area contributed by atoms with Crippen molar-refractivity contribution < 1.29 is 4.74 Å². The average molecular weight is 218 g/mol. The highest BCUT2D eigenvalue weighted by Crippen LogP contribution is 2.37. The minimum absolute atomic E-state index is 0.144. The van der Waals surface area contributed by atoms with Crippen LogP contribution in [0.1, 0.15) is 30.0 Å². The molecular weight excluding hydrogens is 200 g/mol. The van der Waals surface area contributed by atoms with Crippen LogP contribution < -0.4 is 16.2 Å². The Labute approximate surface area is 95.8 Å². The number of fused-ring (bicyclic) bond motifs is 1. The van der Waals surface area contributed by atoms with Gasteiger partial charge >= 0.3 is 0 Å². The summed E-state index contributed by atoms with van der Waals surface area (Å²) in [4.78, 5) is 0. The van der Waals surface area contributed by atoms with Gasteiger partial charge in [-0.1, -0.05) is 12.1 Å². The van der Waals surface area contributed by atoms with E-state index in [4.69, 9.17) is 16.2 Å². The normalized spacial score (nSPS) is 29.1. The van der Waals surface area contributed by atoms with E-state index in [-0.39, 0.29) is 6.04 Å². The number of rotatable bonds is 2. The van der Waals surface area contributed by atoms with Crippen LogP contribution in [0.15, 0.2) is 18.2 Å². The van der Waals surface area contributed by atoms with E-state index in [9.17, 15) is 0 Å². The Kier molecular flexibility index (Phi) is 2.37. The van der Waals surface area contributed by atoms with Crippen LogP contribution in [-0.2, 0) is 6.42 Å². The quantitative estimate of drug-likeness (QED) is 0.788. The highest BCUT2D eigenvalue weighted by atomic mass is 16.5. The first kappa shape index (κ1) is 10.1. The average Bonchev–Trinajstić information content (AvgIpc) is 2.70. The molecule has 4 N–H and O–H groups in total. The topological polar surface area (TPSA) is 61.3 Å². The minimum atomic E-state index is 0.144. The molecule has 3 rings (SSSR count). The molecule has 1 saturated carbocycles. The molecule has 0 spiro atoms. The van der Waals surface area contributed by atoms with E-state index in [2.05, 4.69) is 18.2 Å². The van der Waals surface area contributed by atoms with Gasteiger partial charge in [0.15, 0.2) is 0 Å². The van der Waals surface area contributed by atoms with Gasteiger partial charge in [-0.05, 0) is 36.0 Å². The SMILES string of the molecule is NC1CC(C(N)c2ccc3c(c2)CCO3)C1. The molecule has 1 aromatic carbocycles. The predicted octanol–water partition coefficient (Wildman–Crippen LogP) is 1.36. The molecule has 1 unspecified atom stereocenters. The number of hydrogen-bond donors (Lipinski definition) is 2. The van der Waals surface area contributed by atoms with Crippen LogP contribution in [0.4, 0.5) is 0 Å². The van der Waals surface area contributed by atoms with E-state index in [0.29, 0.717) is 12.0 Å². The molecule has 16 heavy (non-hydrogen) atoms. The van der Waals surface area contributed by atoms with E-state index >= 15 is 0 Å². The molecule has 3 heteroatoms. The molecule has 1 heterocycles. The Balaban J connectivity index is 1.79. The molecule has 3 nitrogen and oxygen atoms in total. The van der Waals surface area contributed by atoms with Crippen LogP contribution >= 0.6 is 0 Å². The van der Waals surface area contributed by atoms with Crippen LogP contribution in [0.5, 0.6) is 5.75 Å². The maximum Gasteiger partial charge on any atom is 0.122 e. The van der Waals surface area contributed by atoms with E-state index in [1.54, 1.807) is 0 Å². The highest BCUT2D eigenvalue weighted by molar-refractivity contribution is 5.41. The second-order valence-corrected chi connectivity index (χ2v) is 4.98.